The predicted molar refractivity (Wildman–Crippen MR) is 72.3 cm³/mol. The molecular formula is C13H10N4OS. The molecule has 3 aromatic rings. The second-order valence-electron chi connectivity index (χ2n) is 3.96. The Hall–Kier alpha value is -2.21. The number of ketones is 1. The number of carbonyl (C=O) groups excluding carboxylic acids is 1. The standard InChI is InChI=1S/C13H10N4OS/c1-8(18)9-2-4-10(5-3-9)19-13-11-12(15-6-14-11)16-7-17-13/h2-7H,1H3,(H,14,15,16,17). The Morgan fingerprint density at radius 3 is 2.68 bits per heavy atom. The summed E-state index contributed by atoms with van der Waals surface area (Å²) in [6, 6.07) is 7.45. The fraction of sp³-hybridized carbons (Fsp3) is 0.0769. The van der Waals surface area contributed by atoms with Crippen molar-refractivity contribution in [2.75, 3.05) is 0 Å². The van der Waals surface area contributed by atoms with Crippen LogP contribution in [0.5, 0.6) is 0 Å². The molecule has 0 amide bonds. The zero-order valence-corrected chi connectivity index (χ0v) is 10.9. The van der Waals surface area contributed by atoms with Gasteiger partial charge in [-0.1, -0.05) is 23.9 Å². The highest BCUT2D eigenvalue weighted by Gasteiger charge is 2.08. The van der Waals surface area contributed by atoms with Gasteiger partial charge < -0.3 is 4.98 Å². The average molecular weight is 270 g/mol. The van der Waals surface area contributed by atoms with Crippen LogP contribution in [0.25, 0.3) is 11.2 Å². The third kappa shape index (κ3) is 2.34. The van der Waals surface area contributed by atoms with Crippen LogP contribution in [-0.4, -0.2) is 25.7 Å². The number of hydrogen-bond donors (Lipinski definition) is 1. The van der Waals surface area contributed by atoms with E-state index in [0.717, 1.165) is 15.4 Å². The number of fused-ring (bicyclic) bond motifs is 1. The topological polar surface area (TPSA) is 71.5 Å². The van der Waals surface area contributed by atoms with E-state index in [-0.39, 0.29) is 5.78 Å². The van der Waals surface area contributed by atoms with Gasteiger partial charge in [0.05, 0.1) is 6.33 Å². The molecular weight excluding hydrogens is 260 g/mol. The van der Waals surface area contributed by atoms with E-state index in [4.69, 9.17) is 0 Å². The molecule has 0 saturated carbocycles. The molecule has 3 rings (SSSR count). The highest BCUT2D eigenvalue weighted by molar-refractivity contribution is 7.99. The summed E-state index contributed by atoms with van der Waals surface area (Å²) in [5, 5.41) is 0.818. The van der Waals surface area contributed by atoms with Gasteiger partial charge in [0, 0.05) is 10.5 Å². The quantitative estimate of drug-likeness (QED) is 0.585. The Bertz CT molecular complexity index is 736. The van der Waals surface area contributed by atoms with Gasteiger partial charge >= 0.3 is 0 Å². The van der Waals surface area contributed by atoms with Crippen molar-refractivity contribution < 1.29 is 4.79 Å². The molecule has 0 radical (unpaired) electrons. The SMILES string of the molecule is CC(=O)c1ccc(Sc2ncnc3nc[nH]c23)cc1. The van der Waals surface area contributed by atoms with Crippen LogP contribution in [0.1, 0.15) is 17.3 Å². The number of benzene rings is 1. The lowest BCUT2D eigenvalue weighted by Gasteiger charge is -2.02. The minimum absolute atomic E-state index is 0.0644. The van der Waals surface area contributed by atoms with Crippen LogP contribution in [0.3, 0.4) is 0 Å². The molecule has 0 spiro atoms. The van der Waals surface area contributed by atoms with E-state index in [2.05, 4.69) is 19.9 Å². The number of Topliss-reactive ketones (excluding diaryl/α,β-unsaturated/α-hetero) is 1. The minimum Gasteiger partial charge on any atom is -0.341 e. The monoisotopic (exact) mass is 270 g/mol. The Morgan fingerprint density at radius 2 is 1.95 bits per heavy atom. The molecule has 0 atom stereocenters. The van der Waals surface area contributed by atoms with Crippen LogP contribution in [-0.2, 0) is 0 Å². The molecule has 2 aromatic heterocycles. The van der Waals surface area contributed by atoms with Crippen molar-refractivity contribution >= 4 is 28.7 Å². The molecule has 1 N–H and O–H groups in total. The molecule has 0 aliphatic heterocycles. The van der Waals surface area contributed by atoms with Gasteiger partial charge in [0.1, 0.15) is 16.9 Å². The molecule has 0 aliphatic carbocycles. The second kappa shape index (κ2) is 4.81. The summed E-state index contributed by atoms with van der Waals surface area (Å²) in [7, 11) is 0. The van der Waals surface area contributed by atoms with Crippen LogP contribution in [0.15, 0.2) is 46.8 Å². The van der Waals surface area contributed by atoms with E-state index >= 15 is 0 Å². The van der Waals surface area contributed by atoms with Gasteiger partial charge in [-0.15, -0.1) is 0 Å². The number of nitrogens with zero attached hydrogens (tertiary/aromatic N) is 3. The van der Waals surface area contributed by atoms with Crippen molar-refractivity contribution in [3.8, 4) is 0 Å². The minimum atomic E-state index is 0.0644. The summed E-state index contributed by atoms with van der Waals surface area (Å²) in [5.74, 6) is 0.0644. The van der Waals surface area contributed by atoms with Gasteiger partial charge in [-0.3, -0.25) is 4.79 Å². The third-order valence-corrected chi connectivity index (χ3v) is 3.67. The van der Waals surface area contributed by atoms with Crippen LogP contribution in [0.2, 0.25) is 0 Å². The molecule has 1 aromatic carbocycles. The highest BCUT2D eigenvalue weighted by Crippen LogP contribution is 2.29. The lowest BCUT2D eigenvalue weighted by Crippen LogP contribution is -1.90. The summed E-state index contributed by atoms with van der Waals surface area (Å²) < 4.78 is 0. The van der Waals surface area contributed by atoms with Crippen LogP contribution >= 0.6 is 11.8 Å². The smallest absolute Gasteiger partial charge is 0.181 e. The zero-order chi connectivity index (χ0) is 13.2. The lowest BCUT2D eigenvalue weighted by atomic mass is 10.2. The third-order valence-electron chi connectivity index (χ3n) is 2.66. The van der Waals surface area contributed by atoms with Gasteiger partial charge in [-0.05, 0) is 19.1 Å². The van der Waals surface area contributed by atoms with Gasteiger partial charge in [-0.25, -0.2) is 15.0 Å². The van der Waals surface area contributed by atoms with Crippen molar-refractivity contribution in [3.05, 3.63) is 42.5 Å². The first kappa shape index (κ1) is 11.9. The first-order chi connectivity index (χ1) is 9.24. The fourth-order valence-corrected chi connectivity index (χ4v) is 2.54. The van der Waals surface area contributed by atoms with Crippen LogP contribution in [0.4, 0.5) is 0 Å². The zero-order valence-electron chi connectivity index (χ0n) is 10.1. The number of imidazole rings is 1. The summed E-state index contributed by atoms with van der Waals surface area (Å²) in [6.45, 7) is 1.56. The molecule has 5 nitrogen and oxygen atoms in total. The predicted octanol–water partition coefficient (Wildman–Crippen LogP) is 2.71. The number of aromatic nitrogens is 4. The van der Waals surface area contributed by atoms with Crippen molar-refractivity contribution in [2.45, 2.75) is 16.8 Å². The number of aromatic amines is 1. The number of hydrogen-bond acceptors (Lipinski definition) is 5. The molecule has 2 heterocycles. The largest absolute Gasteiger partial charge is 0.341 e. The fourth-order valence-electron chi connectivity index (χ4n) is 1.69. The van der Waals surface area contributed by atoms with E-state index in [0.29, 0.717) is 11.2 Å². The van der Waals surface area contributed by atoms with Gasteiger partial charge in [0.2, 0.25) is 0 Å². The summed E-state index contributed by atoms with van der Waals surface area (Å²) >= 11 is 1.51. The molecule has 94 valence electrons. The Morgan fingerprint density at radius 1 is 1.16 bits per heavy atom. The Kier molecular flexibility index (Phi) is 3.00. The Labute approximate surface area is 113 Å². The first-order valence-corrected chi connectivity index (χ1v) is 6.48. The van der Waals surface area contributed by atoms with Gasteiger partial charge in [0.25, 0.3) is 0 Å². The van der Waals surface area contributed by atoms with E-state index < -0.39 is 0 Å². The number of carbonyl (C=O) groups is 1. The molecule has 0 saturated heterocycles. The number of H-pyrrole nitrogens is 1. The normalized spacial score (nSPS) is 10.8. The summed E-state index contributed by atoms with van der Waals surface area (Å²) in [6.07, 6.45) is 3.09. The first-order valence-electron chi connectivity index (χ1n) is 5.67. The Balaban J connectivity index is 1.92. The molecule has 0 aliphatic rings. The average Bonchev–Trinajstić information content (AvgIpc) is 2.89. The van der Waals surface area contributed by atoms with E-state index in [1.807, 2.05) is 24.3 Å². The van der Waals surface area contributed by atoms with Crippen molar-refractivity contribution in [3.63, 3.8) is 0 Å². The maximum absolute atomic E-state index is 11.2. The number of nitrogens with one attached hydrogen (secondary N) is 1. The maximum atomic E-state index is 11.2. The molecule has 0 bridgehead atoms. The van der Waals surface area contributed by atoms with Crippen LogP contribution < -0.4 is 0 Å². The highest BCUT2D eigenvalue weighted by atomic mass is 32.2. The van der Waals surface area contributed by atoms with E-state index in [1.54, 1.807) is 13.3 Å². The van der Waals surface area contributed by atoms with Gasteiger partial charge in [-0.2, -0.15) is 0 Å². The van der Waals surface area contributed by atoms with Crippen molar-refractivity contribution in [1.82, 2.24) is 19.9 Å². The number of rotatable bonds is 3. The summed E-state index contributed by atoms with van der Waals surface area (Å²) in [4.78, 5) is 27.7. The maximum Gasteiger partial charge on any atom is 0.181 e. The van der Waals surface area contributed by atoms with Crippen LogP contribution in [0, 0.1) is 0 Å². The van der Waals surface area contributed by atoms with Crippen molar-refractivity contribution in [1.29, 1.82) is 0 Å². The van der Waals surface area contributed by atoms with Gasteiger partial charge in [0.15, 0.2) is 11.4 Å². The second-order valence-corrected chi connectivity index (χ2v) is 5.02. The van der Waals surface area contributed by atoms with E-state index in [9.17, 15) is 4.79 Å². The van der Waals surface area contributed by atoms with E-state index in [1.165, 1.54) is 18.1 Å². The summed E-state index contributed by atoms with van der Waals surface area (Å²) in [5.41, 5.74) is 2.18. The lowest BCUT2D eigenvalue weighted by molar-refractivity contribution is 0.101. The molecule has 0 fully saturated rings. The van der Waals surface area contributed by atoms with Crippen molar-refractivity contribution in [2.24, 2.45) is 0 Å². The molecule has 19 heavy (non-hydrogen) atoms. The molecule has 6 heteroatoms. The molecule has 0 unspecified atom stereocenters.